The molecule has 0 spiro atoms. The molecule has 0 saturated heterocycles. The molecule has 0 aliphatic heterocycles. The summed E-state index contributed by atoms with van der Waals surface area (Å²) in [7, 11) is 0. The molecule has 90 valence electrons. The summed E-state index contributed by atoms with van der Waals surface area (Å²) in [6.45, 7) is 3.04. The number of alkyl halides is 1. The van der Waals surface area contributed by atoms with E-state index in [-0.39, 0.29) is 5.38 Å². The topological polar surface area (TPSA) is 12.0 Å². The summed E-state index contributed by atoms with van der Waals surface area (Å²) in [5.74, 6) is -1.56. The molecule has 1 nitrogen and oxygen atoms in total. The van der Waals surface area contributed by atoms with Crippen molar-refractivity contribution in [2.45, 2.75) is 31.7 Å². The van der Waals surface area contributed by atoms with Crippen LogP contribution in [0, 0.1) is 11.6 Å². The van der Waals surface area contributed by atoms with Crippen molar-refractivity contribution < 1.29 is 8.78 Å². The van der Waals surface area contributed by atoms with E-state index in [4.69, 9.17) is 11.6 Å². The van der Waals surface area contributed by atoms with Gasteiger partial charge >= 0.3 is 0 Å². The average Bonchev–Trinajstić information content (AvgIpc) is 2.23. The fourth-order valence-electron chi connectivity index (χ4n) is 1.42. The lowest BCUT2D eigenvalue weighted by Crippen LogP contribution is -2.16. The third kappa shape index (κ3) is 4.45. The second-order valence-corrected chi connectivity index (χ2v) is 4.56. The SMILES string of the molecule is CC(Cl)CCCNCc1cccc(F)c1F. The van der Waals surface area contributed by atoms with E-state index >= 15 is 0 Å². The summed E-state index contributed by atoms with van der Waals surface area (Å²) >= 11 is 5.78. The number of benzene rings is 1. The van der Waals surface area contributed by atoms with Gasteiger partial charge < -0.3 is 5.32 Å². The second kappa shape index (κ2) is 6.81. The Hall–Kier alpha value is -0.670. The van der Waals surface area contributed by atoms with E-state index in [1.165, 1.54) is 6.07 Å². The monoisotopic (exact) mass is 247 g/mol. The van der Waals surface area contributed by atoms with Crippen LogP contribution in [0.15, 0.2) is 18.2 Å². The molecule has 16 heavy (non-hydrogen) atoms. The zero-order valence-corrected chi connectivity index (χ0v) is 10.0. The first-order chi connectivity index (χ1) is 7.61. The van der Waals surface area contributed by atoms with Crippen LogP contribution < -0.4 is 5.32 Å². The third-order valence-corrected chi connectivity index (χ3v) is 2.52. The van der Waals surface area contributed by atoms with Gasteiger partial charge in [0.2, 0.25) is 0 Å². The molecule has 0 aliphatic rings. The van der Waals surface area contributed by atoms with Gasteiger partial charge in [0.1, 0.15) is 0 Å². The highest BCUT2D eigenvalue weighted by atomic mass is 35.5. The maximum absolute atomic E-state index is 13.2. The molecule has 0 fully saturated rings. The number of hydrogen-bond donors (Lipinski definition) is 1. The predicted molar refractivity (Wildman–Crippen MR) is 62.6 cm³/mol. The van der Waals surface area contributed by atoms with Crippen LogP contribution in [0.1, 0.15) is 25.3 Å². The zero-order valence-electron chi connectivity index (χ0n) is 9.27. The predicted octanol–water partition coefficient (Wildman–Crippen LogP) is 3.46. The summed E-state index contributed by atoms with van der Waals surface area (Å²) in [4.78, 5) is 0. The number of rotatable bonds is 6. The van der Waals surface area contributed by atoms with Crippen molar-refractivity contribution in [3.05, 3.63) is 35.4 Å². The lowest BCUT2D eigenvalue weighted by Gasteiger charge is -2.07. The molecular formula is C12H16ClF2N. The van der Waals surface area contributed by atoms with Gasteiger partial charge in [0, 0.05) is 17.5 Å². The van der Waals surface area contributed by atoms with Crippen LogP contribution in [0.2, 0.25) is 0 Å². The van der Waals surface area contributed by atoms with Gasteiger partial charge in [-0.25, -0.2) is 8.78 Å². The van der Waals surface area contributed by atoms with Crippen LogP contribution in [0.5, 0.6) is 0 Å². The van der Waals surface area contributed by atoms with Gasteiger partial charge in [0.25, 0.3) is 0 Å². The van der Waals surface area contributed by atoms with Crippen LogP contribution in [0.4, 0.5) is 8.78 Å². The molecule has 1 aromatic carbocycles. The van der Waals surface area contributed by atoms with Crippen molar-refractivity contribution in [1.82, 2.24) is 5.32 Å². The Morgan fingerprint density at radius 1 is 1.38 bits per heavy atom. The fourth-order valence-corrected chi connectivity index (χ4v) is 1.57. The Balaban J connectivity index is 2.29. The molecule has 0 amide bonds. The molecule has 1 unspecified atom stereocenters. The second-order valence-electron chi connectivity index (χ2n) is 3.81. The molecular weight excluding hydrogens is 232 g/mol. The molecule has 4 heteroatoms. The summed E-state index contributed by atoms with van der Waals surface area (Å²) < 4.78 is 26.0. The van der Waals surface area contributed by atoms with E-state index in [2.05, 4.69) is 5.32 Å². The molecule has 1 rings (SSSR count). The number of nitrogens with one attached hydrogen (secondary N) is 1. The Kier molecular flexibility index (Phi) is 5.71. The zero-order chi connectivity index (χ0) is 12.0. The largest absolute Gasteiger partial charge is 0.313 e. The van der Waals surface area contributed by atoms with Crippen LogP contribution in [0.3, 0.4) is 0 Å². The van der Waals surface area contributed by atoms with E-state index in [9.17, 15) is 8.78 Å². The van der Waals surface area contributed by atoms with E-state index in [0.717, 1.165) is 25.5 Å². The van der Waals surface area contributed by atoms with Crippen LogP contribution in [-0.4, -0.2) is 11.9 Å². The summed E-state index contributed by atoms with van der Waals surface area (Å²) in [6, 6.07) is 4.21. The standard InChI is InChI=1S/C12H16ClF2N/c1-9(13)4-3-7-16-8-10-5-2-6-11(14)12(10)15/h2,5-6,9,16H,3-4,7-8H2,1H3. The third-order valence-electron chi connectivity index (χ3n) is 2.30. The quantitative estimate of drug-likeness (QED) is 0.600. The van der Waals surface area contributed by atoms with Gasteiger partial charge in [-0.2, -0.15) is 0 Å². The van der Waals surface area contributed by atoms with Gasteiger partial charge in [-0.15, -0.1) is 11.6 Å². The van der Waals surface area contributed by atoms with Gasteiger partial charge in [0.05, 0.1) is 0 Å². The molecule has 0 saturated carbocycles. The van der Waals surface area contributed by atoms with E-state index in [1.807, 2.05) is 6.92 Å². The minimum Gasteiger partial charge on any atom is -0.313 e. The molecule has 1 aromatic rings. The average molecular weight is 248 g/mol. The molecule has 0 radical (unpaired) electrons. The van der Waals surface area contributed by atoms with Crippen molar-refractivity contribution in [3.63, 3.8) is 0 Å². The highest BCUT2D eigenvalue weighted by Gasteiger charge is 2.06. The molecule has 1 atom stereocenters. The lowest BCUT2D eigenvalue weighted by molar-refractivity contribution is 0.491. The Labute approximate surface area is 99.8 Å². The van der Waals surface area contributed by atoms with Crippen molar-refractivity contribution in [2.24, 2.45) is 0 Å². The highest BCUT2D eigenvalue weighted by molar-refractivity contribution is 6.20. The van der Waals surface area contributed by atoms with Crippen molar-refractivity contribution >= 4 is 11.6 Å². The smallest absolute Gasteiger partial charge is 0.163 e. The van der Waals surface area contributed by atoms with Gasteiger partial charge in [-0.1, -0.05) is 12.1 Å². The Bertz CT molecular complexity index is 329. The molecule has 0 aliphatic carbocycles. The summed E-state index contributed by atoms with van der Waals surface area (Å²) in [5.41, 5.74) is 0.360. The molecule has 0 aromatic heterocycles. The van der Waals surface area contributed by atoms with Crippen LogP contribution >= 0.6 is 11.6 Å². The van der Waals surface area contributed by atoms with E-state index in [0.29, 0.717) is 12.1 Å². The van der Waals surface area contributed by atoms with Gasteiger partial charge in [0.15, 0.2) is 11.6 Å². The lowest BCUT2D eigenvalue weighted by atomic mass is 10.2. The maximum atomic E-state index is 13.2. The fraction of sp³-hybridized carbons (Fsp3) is 0.500. The highest BCUT2D eigenvalue weighted by Crippen LogP contribution is 2.11. The van der Waals surface area contributed by atoms with Crippen LogP contribution in [-0.2, 0) is 6.54 Å². The minimum atomic E-state index is -0.798. The minimum absolute atomic E-state index is 0.160. The first-order valence-corrected chi connectivity index (χ1v) is 5.82. The number of halogens is 3. The summed E-state index contributed by atoms with van der Waals surface area (Å²) in [6.07, 6.45) is 1.85. The Morgan fingerprint density at radius 3 is 2.81 bits per heavy atom. The first kappa shape index (κ1) is 13.4. The Morgan fingerprint density at radius 2 is 2.12 bits per heavy atom. The maximum Gasteiger partial charge on any atom is 0.163 e. The molecule has 0 bridgehead atoms. The van der Waals surface area contributed by atoms with Crippen molar-refractivity contribution in [2.75, 3.05) is 6.54 Å². The van der Waals surface area contributed by atoms with Gasteiger partial charge in [-0.3, -0.25) is 0 Å². The first-order valence-electron chi connectivity index (χ1n) is 5.39. The molecule has 1 N–H and O–H groups in total. The van der Waals surface area contributed by atoms with Crippen LogP contribution in [0.25, 0.3) is 0 Å². The van der Waals surface area contributed by atoms with Gasteiger partial charge in [-0.05, 0) is 32.4 Å². The molecule has 0 heterocycles. The van der Waals surface area contributed by atoms with E-state index < -0.39 is 11.6 Å². The summed E-state index contributed by atoms with van der Waals surface area (Å²) in [5, 5.41) is 3.22. The van der Waals surface area contributed by atoms with Crippen molar-refractivity contribution in [3.8, 4) is 0 Å². The number of hydrogen-bond acceptors (Lipinski definition) is 1. The normalized spacial score (nSPS) is 12.8. The van der Waals surface area contributed by atoms with Crippen molar-refractivity contribution in [1.29, 1.82) is 0 Å². The van der Waals surface area contributed by atoms with E-state index in [1.54, 1.807) is 6.07 Å².